The summed E-state index contributed by atoms with van der Waals surface area (Å²) in [6, 6.07) is 21.1. The van der Waals surface area contributed by atoms with E-state index >= 15 is 0 Å². The summed E-state index contributed by atoms with van der Waals surface area (Å²) in [5.41, 5.74) is 0. The maximum Gasteiger partial charge on any atom is 0.261 e. The van der Waals surface area contributed by atoms with Crippen LogP contribution in [-0.2, 0) is 9.22 Å². The van der Waals surface area contributed by atoms with E-state index in [1.54, 1.807) is 6.08 Å². The van der Waals surface area contributed by atoms with Crippen LogP contribution in [0.5, 0.6) is 0 Å². The van der Waals surface area contributed by atoms with Crippen molar-refractivity contribution in [3.63, 3.8) is 0 Å². The lowest BCUT2D eigenvalue weighted by Gasteiger charge is -2.43. The Morgan fingerprint density at radius 2 is 1.46 bits per heavy atom. The molecular weight excluding hydrogens is 336 g/mol. The van der Waals surface area contributed by atoms with Crippen molar-refractivity contribution in [3.8, 4) is 0 Å². The second kappa shape index (κ2) is 8.61. The van der Waals surface area contributed by atoms with E-state index < -0.39 is 8.32 Å². The predicted molar refractivity (Wildman–Crippen MR) is 112 cm³/mol. The van der Waals surface area contributed by atoms with Gasteiger partial charge >= 0.3 is 0 Å². The third-order valence-electron chi connectivity index (χ3n) is 5.07. The Morgan fingerprint density at radius 1 is 1.00 bits per heavy atom. The first-order valence-electron chi connectivity index (χ1n) is 9.19. The van der Waals surface area contributed by atoms with Gasteiger partial charge in [-0.3, -0.25) is 0 Å². The summed E-state index contributed by atoms with van der Waals surface area (Å²) in [4.78, 5) is 11.3. The van der Waals surface area contributed by atoms with Gasteiger partial charge in [0.25, 0.3) is 8.32 Å². The van der Waals surface area contributed by atoms with Crippen LogP contribution in [0, 0.1) is 11.8 Å². The van der Waals surface area contributed by atoms with Gasteiger partial charge in [-0.05, 0) is 21.3 Å². The molecule has 0 saturated carbocycles. The first kappa shape index (κ1) is 20.3. The molecule has 0 amide bonds. The minimum atomic E-state index is -2.53. The van der Waals surface area contributed by atoms with Gasteiger partial charge in [0.1, 0.15) is 6.29 Å². The molecule has 0 heterocycles. The Kier molecular flexibility index (Phi) is 6.73. The van der Waals surface area contributed by atoms with Crippen LogP contribution in [0.15, 0.2) is 73.3 Å². The smallest absolute Gasteiger partial charge is 0.261 e. The molecule has 0 unspecified atom stereocenters. The Labute approximate surface area is 159 Å². The third kappa shape index (κ3) is 4.05. The lowest BCUT2D eigenvalue weighted by molar-refractivity contribution is -0.111. The van der Waals surface area contributed by atoms with Crippen molar-refractivity contribution in [1.29, 1.82) is 0 Å². The molecule has 26 heavy (non-hydrogen) atoms. The van der Waals surface area contributed by atoms with E-state index in [9.17, 15) is 4.79 Å². The standard InChI is InChI=1S/C23H30O2Si/c1-6-20(17-24)19(2)18-25-26(23(3,4)5,21-13-9-7-10-14-21)22-15-11-8-12-16-22/h6-17,19-20H,1,18H2,2-5H3/t19-,20-/m1/s1. The summed E-state index contributed by atoms with van der Waals surface area (Å²) >= 11 is 0. The molecule has 0 aliphatic heterocycles. The predicted octanol–water partition coefficient (Wildman–Crippen LogP) is 4.20. The Bertz CT molecular complexity index is 656. The van der Waals surface area contributed by atoms with Crippen molar-refractivity contribution in [3.05, 3.63) is 73.3 Å². The Balaban J connectivity index is 2.54. The highest BCUT2D eigenvalue weighted by Gasteiger charge is 2.50. The monoisotopic (exact) mass is 366 g/mol. The first-order valence-corrected chi connectivity index (χ1v) is 11.1. The van der Waals surface area contributed by atoms with Gasteiger partial charge in [0, 0.05) is 12.5 Å². The summed E-state index contributed by atoms with van der Waals surface area (Å²) < 4.78 is 6.84. The lowest BCUT2D eigenvalue weighted by Crippen LogP contribution is -2.67. The number of allylic oxidation sites excluding steroid dienone is 1. The van der Waals surface area contributed by atoms with Crippen molar-refractivity contribution >= 4 is 25.0 Å². The number of aldehydes is 1. The average Bonchev–Trinajstić information content (AvgIpc) is 2.64. The van der Waals surface area contributed by atoms with E-state index in [4.69, 9.17) is 4.43 Å². The fourth-order valence-corrected chi connectivity index (χ4v) is 8.22. The van der Waals surface area contributed by atoms with E-state index in [-0.39, 0.29) is 16.9 Å². The molecule has 0 N–H and O–H groups in total. The summed E-state index contributed by atoms with van der Waals surface area (Å²) in [6.07, 6.45) is 2.68. The molecule has 2 rings (SSSR count). The molecule has 0 aliphatic rings. The summed E-state index contributed by atoms with van der Waals surface area (Å²) in [5, 5.41) is 2.46. The van der Waals surface area contributed by atoms with Gasteiger partial charge in [0.2, 0.25) is 0 Å². The molecule has 2 aromatic rings. The number of hydrogen-bond acceptors (Lipinski definition) is 2. The van der Waals surface area contributed by atoms with Crippen LogP contribution in [0.2, 0.25) is 5.04 Å². The topological polar surface area (TPSA) is 26.3 Å². The van der Waals surface area contributed by atoms with Crippen molar-refractivity contribution < 1.29 is 9.22 Å². The van der Waals surface area contributed by atoms with Crippen LogP contribution in [-0.4, -0.2) is 21.2 Å². The average molecular weight is 367 g/mol. The zero-order valence-corrected chi connectivity index (χ0v) is 17.3. The highest BCUT2D eigenvalue weighted by molar-refractivity contribution is 6.99. The molecule has 0 aliphatic carbocycles. The Morgan fingerprint density at radius 3 is 1.81 bits per heavy atom. The highest BCUT2D eigenvalue weighted by Crippen LogP contribution is 2.37. The number of benzene rings is 2. The third-order valence-corrected chi connectivity index (χ3v) is 10.1. The van der Waals surface area contributed by atoms with Gasteiger partial charge in [0.15, 0.2) is 0 Å². The largest absolute Gasteiger partial charge is 0.407 e. The highest BCUT2D eigenvalue weighted by atomic mass is 28.4. The molecule has 0 fully saturated rings. The van der Waals surface area contributed by atoms with E-state index in [2.05, 4.69) is 82.8 Å². The van der Waals surface area contributed by atoms with Crippen LogP contribution in [0.25, 0.3) is 0 Å². The van der Waals surface area contributed by atoms with Gasteiger partial charge in [0.05, 0.1) is 0 Å². The fourth-order valence-electron chi connectivity index (χ4n) is 3.55. The van der Waals surface area contributed by atoms with Crippen LogP contribution in [0.4, 0.5) is 0 Å². The fraction of sp³-hybridized carbons (Fsp3) is 0.348. The molecule has 138 valence electrons. The van der Waals surface area contributed by atoms with E-state index in [1.807, 2.05) is 12.1 Å². The molecule has 0 spiro atoms. The molecular formula is C23H30O2Si. The van der Waals surface area contributed by atoms with Gasteiger partial charge in [-0.2, -0.15) is 0 Å². The minimum Gasteiger partial charge on any atom is -0.407 e. The number of rotatable bonds is 8. The Hall–Kier alpha value is -1.97. The van der Waals surface area contributed by atoms with Crippen molar-refractivity contribution in [2.24, 2.45) is 11.8 Å². The second-order valence-corrected chi connectivity index (χ2v) is 12.2. The molecule has 0 radical (unpaired) electrons. The summed E-state index contributed by atoms with van der Waals surface area (Å²) in [7, 11) is -2.53. The van der Waals surface area contributed by atoms with Crippen LogP contribution >= 0.6 is 0 Å². The summed E-state index contributed by atoms with van der Waals surface area (Å²) in [5.74, 6) is -0.0973. The van der Waals surface area contributed by atoms with Gasteiger partial charge in [-0.25, -0.2) is 0 Å². The maximum atomic E-state index is 11.3. The maximum absolute atomic E-state index is 11.3. The van der Waals surface area contributed by atoms with Crippen LogP contribution < -0.4 is 10.4 Å². The zero-order chi connectivity index (χ0) is 19.2. The molecule has 0 aromatic heterocycles. The molecule has 0 saturated heterocycles. The molecule has 2 aromatic carbocycles. The van der Waals surface area contributed by atoms with Crippen LogP contribution in [0.3, 0.4) is 0 Å². The second-order valence-electron chi connectivity index (χ2n) is 7.90. The molecule has 2 nitrogen and oxygen atoms in total. The minimum absolute atomic E-state index is 0.0553. The number of hydrogen-bond donors (Lipinski definition) is 0. The molecule has 2 atom stereocenters. The van der Waals surface area contributed by atoms with E-state index in [0.717, 1.165) is 6.29 Å². The molecule has 3 heteroatoms. The number of carbonyl (C=O) groups is 1. The quantitative estimate of drug-likeness (QED) is 0.398. The molecule has 0 bridgehead atoms. The van der Waals surface area contributed by atoms with Crippen molar-refractivity contribution in [2.45, 2.75) is 32.7 Å². The number of carbonyl (C=O) groups excluding carboxylic acids is 1. The normalized spacial score (nSPS) is 14.5. The van der Waals surface area contributed by atoms with Crippen LogP contribution in [0.1, 0.15) is 27.7 Å². The first-order chi connectivity index (χ1) is 12.4. The van der Waals surface area contributed by atoms with Crippen molar-refractivity contribution in [2.75, 3.05) is 6.61 Å². The SMILES string of the molecule is C=C[C@H](C=O)[C@H](C)CO[Si](c1ccccc1)(c1ccccc1)C(C)(C)C. The van der Waals surface area contributed by atoms with Gasteiger partial charge in [-0.1, -0.05) is 94.4 Å². The summed E-state index contributed by atoms with van der Waals surface area (Å²) in [6.45, 7) is 13.1. The van der Waals surface area contributed by atoms with E-state index in [1.165, 1.54) is 10.4 Å². The van der Waals surface area contributed by atoms with Gasteiger partial charge < -0.3 is 9.22 Å². The van der Waals surface area contributed by atoms with E-state index in [0.29, 0.717) is 6.61 Å². The zero-order valence-electron chi connectivity index (χ0n) is 16.3. The van der Waals surface area contributed by atoms with Crippen molar-refractivity contribution in [1.82, 2.24) is 0 Å². The lowest BCUT2D eigenvalue weighted by atomic mass is 9.97. The van der Waals surface area contributed by atoms with Gasteiger partial charge in [-0.15, -0.1) is 6.58 Å².